The molecule has 1 fully saturated rings. The molecule has 2 heterocycles. The van der Waals surface area contributed by atoms with Gasteiger partial charge < -0.3 is 10.2 Å². The van der Waals surface area contributed by atoms with Crippen LogP contribution in [0.3, 0.4) is 0 Å². The lowest BCUT2D eigenvalue weighted by atomic mass is 9.99. The van der Waals surface area contributed by atoms with E-state index in [1.807, 2.05) is 23.1 Å². The second-order valence-electron chi connectivity index (χ2n) is 6.83. The number of nitrogens with one attached hydrogen (secondary N) is 1. The zero-order valence-electron chi connectivity index (χ0n) is 15.4. The predicted molar refractivity (Wildman–Crippen MR) is 110 cm³/mol. The van der Waals surface area contributed by atoms with E-state index in [-0.39, 0.29) is 6.03 Å². The number of urea groups is 1. The van der Waals surface area contributed by atoms with Crippen molar-refractivity contribution in [2.24, 2.45) is 0 Å². The van der Waals surface area contributed by atoms with E-state index in [1.54, 1.807) is 11.3 Å². The molecule has 0 unspecified atom stereocenters. The third-order valence-corrected chi connectivity index (χ3v) is 6.23. The minimum atomic E-state index is -0.0138. The van der Waals surface area contributed by atoms with Gasteiger partial charge in [-0.15, -0.1) is 11.3 Å². The molecule has 4 nitrogen and oxygen atoms in total. The van der Waals surface area contributed by atoms with Gasteiger partial charge in [0.25, 0.3) is 0 Å². The molecule has 140 valence electrons. The summed E-state index contributed by atoms with van der Waals surface area (Å²) < 4.78 is 0.831. The van der Waals surface area contributed by atoms with E-state index in [9.17, 15) is 4.79 Å². The monoisotopic (exact) mass is 391 g/mol. The standard InChI is InChI=1S/C20H26ClN3OS/c1-3-15(2)16-4-6-17(7-5-16)22-20(25)24-12-10-23(11-13-24)14-18-8-9-19(21)26-18/h4-9,15H,3,10-14H2,1-2H3,(H,22,25)/t15-/m0/s1. The Hall–Kier alpha value is -1.56. The fourth-order valence-corrected chi connectivity index (χ4v) is 4.23. The Kier molecular flexibility index (Phi) is 6.57. The second-order valence-corrected chi connectivity index (χ2v) is 8.63. The first kappa shape index (κ1) is 19.2. The van der Waals surface area contributed by atoms with Crippen LogP contribution in [0.15, 0.2) is 36.4 Å². The molecular weight excluding hydrogens is 366 g/mol. The van der Waals surface area contributed by atoms with Crippen molar-refractivity contribution in [2.75, 3.05) is 31.5 Å². The molecule has 2 aromatic rings. The van der Waals surface area contributed by atoms with Crippen LogP contribution in [-0.4, -0.2) is 42.0 Å². The number of carbonyl (C=O) groups excluding carboxylic acids is 1. The molecule has 6 heteroatoms. The predicted octanol–water partition coefficient (Wildman–Crippen LogP) is 5.26. The minimum Gasteiger partial charge on any atom is -0.322 e. The number of piperazine rings is 1. The summed E-state index contributed by atoms with van der Waals surface area (Å²) in [6.07, 6.45) is 1.12. The number of thiophene rings is 1. The summed E-state index contributed by atoms with van der Waals surface area (Å²) in [4.78, 5) is 18.0. The van der Waals surface area contributed by atoms with Crippen molar-refractivity contribution < 1.29 is 4.79 Å². The van der Waals surface area contributed by atoms with Crippen molar-refractivity contribution in [3.63, 3.8) is 0 Å². The lowest BCUT2D eigenvalue weighted by Crippen LogP contribution is -2.49. The number of carbonyl (C=O) groups is 1. The maximum absolute atomic E-state index is 12.5. The second kappa shape index (κ2) is 8.89. The molecule has 0 radical (unpaired) electrons. The van der Waals surface area contributed by atoms with Gasteiger partial charge in [0, 0.05) is 43.3 Å². The lowest BCUT2D eigenvalue weighted by Gasteiger charge is -2.34. The van der Waals surface area contributed by atoms with Crippen LogP contribution in [0.4, 0.5) is 10.5 Å². The SMILES string of the molecule is CC[C@H](C)c1ccc(NC(=O)N2CCN(Cc3ccc(Cl)s3)CC2)cc1. The first-order valence-corrected chi connectivity index (χ1v) is 10.4. The third-order valence-electron chi connectivity index (χ3n) is 5.01. The fraction of sp³-hybridized carbons (Fsp3) is 0.450. The number of amides is 2. The van der Waals surface area contributed by atoms with E-state index in [0.29, 0.717) is 5.92 Å². The zero-order valence-corrected chi connectivity index (χ0v) is 16.9. The summed E-state index contributed by atoms with van der Waals surface area (Å²) in [5.41, 5.74) is 2.17. The van der Waals surface area contributed by atoms with Crippen LogP contribution in [0, 0.1) is 0 Å². The molecule has 0 aliphatic carbocycles. The first-order valence-electron chi connectivity index (χ1n) is 9.17. The summed E-state index contributed by atoms with van der Waals surface area (Å²) >= 11 is 7.62. The first-order chi connectivity index (χ1) is 12.5. The summed E-state index contributed by atoms with van der Waals surface area (Å²) in [5, 5.41) is 3.02. The molecule has 1 aliphatic rings. The van der Waals surface area contributed by atoms with Crippen LogP contribution < -0.4 is 5.32 Å². The van der Waals surface area contributed by atoms with Gasteiger partial charge in [0.15, 0.2) is 0 Å². The topological polar surface area (TPSA) is 35.6 Å². The molecule has 26 heavy (non-hydrogen) atoms. The van der Waals surface area contributed by atoms with E-state index in [4.69, 9.17) is 11.6 Å². The maximum Gasteiger partial charge on any atom is 0.321 e. The fourth-order valence-electron chi connectivity index (χ4n) is 3.10. The van der Waals surface area contributed by atoms with Gasteiger partial charge >= 0.3 is 6.03 Å². The van der Waals surface area contributed by atoms with Crippen molar-refractivity contribution in [3.05, 3.63) is 51.2 Å². The molecule has 1 N–H and O–H groups in total. The highest BCUT2D eigenvalue weighted by atomic mass is 35.5. The highest BCUT2D eigenvalue weighted by molar-refractivity contribution is 7.16. The van der Waals surface area contributed by atoms with E-state index in [2.05, 4.69) is 42.3 Å². The summed E-state index contributed by atoms with van der Waals surface area (Å²) in [5.74, 6) is 0.547. The Labute approximate surface area is 164 Å². The van der Waals surface area contributed by atoms with E-state index in [1.165, 1.54) is 10.4 Å². The van der Waals surface area contributed by atoms with Gasteiger partial charge in [-0.2, -0.15) is 0 Å². The Morgan fingerprint density at radius 2 is 1.85 bits per heavy atom. The average molecular weight is 392 g/mol. The van der Waals surface area contributed by atoms with Gasteiger partial charge in [-0.3, -0.25) is 4.90 Å². The van der Waals surface area contributed by atoms with E-state index >= 15 is 0 Å². The lowest BCUT2D eigenvalue weighted by molar-refractivity contribution is 0.143. The third kappa shape index (κ3) is 5.00. The Balaban J connectivity index is 1.47. The minimum absolute atomic E-state index is 0.0138. The average Bonchev–Trinajstić information content (AvgIpc) is 3.07. The van der Waals surface area contributed by atoms with E-state index < -0.39 is 0 Å². The summed E-state index contributed by atoms with van der Waals surface area (Å²) in [6.45, 7) is 8.58. The number of halogens is 1. The van der Waals surface area contributed by atoms with Gasteiger partial charge in [0.05, 0.1) is 4.34 Å². The van der Waals surface area contributed by atoms with Crippen molar-refractivity contribution in [2.45, 2.75) is 32.7 Å². The smallest absolute Gasteiger partial charge is 0.321 e. The number of benzene rings is 1. The van der Waals surface area contributed by atoms with Crippen molar-refractivity contribution >= 4 is 34.7 Å². The molecule has 1 aromatic heterocycles. The van der Waals surface area contributed by atoms with Crippen LogP contribution in [-0.2, 0) is 6.54 Å². The quantitative estimate of drug-likeness (QED) is 0.754. The number of rotatable bonds is 5. The van der Waals surface area contributed by atoms with Gasteiger partial charge in [-0.05, 0) is 42.2 Å². The normalized spacial score (nSPS) is 16.5. The molecule has 0 saturated carbocycles. The largest absolute Gasteiger partial charge is 0.322 e. The van der Waals surface area contributed by atoms with Crippen molar-refractivity contribution in [3.8, 4) is 0 Å². The molecule has 1 atom stereocenters. The molecule has 1 aliphatic heterocycles. The number of nitrogens with zero attached hydrogens (tertiary/aromatic N) is 2. The summed E-state index contributed by atoms with van der Waals surface area (Å²) in [7, 11) is 0. The maximum atomic E-state index is 12.5. The molecule has 1 aromatic carbocycles. The number of hydrogen-bond donors (Lipinski definition) is 1. The number of anilines is 1. The Morgan fingerprint density at radius 3 is 2.42 bits per heavy atom. The van der Waals surface area contributed by atoms with Gasteiger partial charge in [0.2, 0.25) is 0 Å². The van der Waals surface area contributed by atoms with Crippen molar-refractivity contribution in [1.82, 2.24) is 9.80 Å². The molecule has 0 bridgehead atoms. The van der Waals surface area contributed by atoms with Gasteiger partial charge in [0.1, 0.15) is 0 Å². The molecular formula is C20H26ClN3OS. The van der Waals surface area contributed by atoms with Gasteiger partial charge in [-0.1, -0.05) is 37.6 Å². The van der Waals surface area contributed by atoms with Crippen LogP contribution in [0.1, 0.15) is 36.6 Å². The summed E-state index contributed by atoms with van der Waals surface area (Å²) in [6, 6.07) is 12.2. The van der Waals surface area contributed by atoms with E-state index in [0.717, 1.165) is 49.2 Å². The molecule has 1 saturated heterocycles. The zero-order chi connectivity index (χ0) is 18.5. The molecule has 2 amide bonds. The molecule has 0 spiro atoms. The number of hydrogen-bond acceptors (Lipinski definition) is 3. The Bertz CT molecular complexity index is 723. The van der Waals surface area contributed by atoms with Crippen LogP contribution in [0.25, 0.3) is 0 Å². The van der Waals surface area contributed by atoms with Crippen LogP contribution in [0.5, 0.6) is 0 Å². The van der Waals surface area contributed by atoms with Crippen LogP contribution in [0.2, 0.25) is 4.34 Å². The molecule has 3 rings (SSSR count). The highest BCUT2D eigenvalue weighted by Crippen LogP contribution is 2.23. The van der Waals surface area contributed by atoms with Crippen LogP contribution >= 0.6 is 22.9 Å². The van der Waals surface area contributed by atoms with Gasteiger partial charge in [-0.25, -0.2) is 4.79 Å². The Morgan fingerprint density at radius 1 is 1.15 bits per heavy atom. The highest BCUT2D eigenvalue weighted by Gasteiger charge is 2.21. The van der Waals surface area contributed by atoms with Crippen molar-refractivity contribution in [1.29, 1.82) is 0 Å².